The smallest absolute Gasteiger partial charge is 0.334 e. The second-order valence-corrected chi connectivity index (χ2v) is 4.11. The van der Waals surface area contributed by atoms with Crippen molar-refractivity contribution in [2.45, 2.75) is 6.54 Å². The number of rotatable bonds is 2. The van der Waals surface area contributed by atoms with Gasteiger partial charge in [-0.05, 0) is 12.1 Å². The highest BCUT2D eigenvalue weighted by atomic mass is 35.5. The molecule has 1 aromatic heterocycles. The van der Waals surface area contributed by atoms with Crippen LogP contribution >= 0.6 is 11.6 Å². The van der Waals surface area contributed by atoms with Gasteiger partial charge in [-0.15, -0.1) is 0 Å². The zero-order valence-corrected chi connectivity index (χ0v) is 10.1. The van der Waals surface area contributed by atoms with Gasteiger partial charge in [-0.3, -0.25) is 14.5 Å². The maximum atomic E-state index is 11.6. The molecule has 1 aromatic rings. The molecule has 18 heavy (non-hydrogen) atoms. The Morgan fingerprint density at radius 1 is 1.28 bits per heavy atom. The maximum Gasteiger partial charge on any atom is 0.334 e. The molecule has 0 aromatic carbocycles. The molecule has 1 saturated heterocycles. The van der Waals surface area contributed by atoms with E-state index in [-0.39, 0.29) is 23.1 Å². The fourth-order valence-corrected chi connectivity index (χ4v) is 1.68. The highest BCUT2D eigenvalue weighted by molar-refractivity contribution is 6.44. The maximum absolute atomic E-state index is 11.6. The molecule has 7 nitrogen and oxygen atoms in total. The fourth-order valence-electron chi connectivity index (χ4n) is 1.52. The molecule has 0 aliphatic carbocycles. The molecule has 4 amide bonds. The topological polar surface area (TPSA) is 96.6 Å². The highest BCUT2D eigenvalue weighted by Crippen LogP contribution is 2.20. The number of urea groups is 1. The summed E-state index contributed by atoms with van der Waals surface area (Å²) in [5.74, 6) is -1.56. The Hall–Kier alpha value is -2.15. The van der Waals surface area contributed by atoms with Gasteiger partial charge in [-0.2, -0.15) is 0 Å². The molecular formula is C10H9ClN4O3. The quantitative estimate of drug-likeness (QED) is 0.612. The van der Waals surface area contributed by atoms with E-state index in [4.69, 9.17) is 17.3 Å². The molecule has 0 spiro atoms. The minimum atomic E-state index is -0.900. The minimum Gasteiger partial charge on any atom is -0.384 e. The zero-order chi connectivity index (χ0) is 13.4. The van der Waals surface area contributed by atoms with Crippen LogP contribution in [0.15, 0.2) is 12.1 Å². The van der Waals surface area contributed by atoms with Crippen molar-refractivity contribution >= 4 is 35.3 Å². The van der Waals surface area contributed by atoms with Crippen molar-refractivity contribution in [3.8, 4) is 0 Å². The number of hydrogen-bond donors (Lipinski definition) is 1. The third kappa shape index (κ3) is 1.88. The zero-order valence-electron chi connectivity index (χ0n) is 9.38. The van der Waals surface area contributed by atoms with Gasteiger partial charge in [0.1, 0.15) is 5.82 Å². The van der Waals surface area contributed by atoms with E-state index in [0.717, 1.165) is 9.80 Å². The first-order chi connectivity index (χ1) is 8.41. The first-order valence-corrected chi connectivity index (χ1v) is 5.34. The van der Waals surface area contributed by atoms with E-state index in [1.807, 2.05) is 0 Å². The SMILES string of the molecule is CN1C(=O)C(=O)N(Cc2nc(N)ccc2Cl)C1=O. The normalized spacial score (nSPS) is 15.8. The van der Waals surface area contributed by atoms with Crippen LogP contribution in [0.25, 0.3) is 0 Å². The van der Waals surface area contributed by atoms with Gasteiger partial charge in [-0.25, -0.2) is 14.7 Å². The summed E-state index contributed by atoms with van der Waals surface area (Å²) in [6, 6.07) is 2.30. The molecule has 94 valence electrons. The summed E-state index contributed by atoms with van der Waals surface area (Å²) in [5.41, 5.74) is 5.76. The summed E-state index contributed by atoms with van der Waals surface area (Å²) < 4.78 is 0. The number of aromatic nitrogens is 1. The van der Waals surface area contributed by atoms with Crippen molar-refractivity contribution in [1.29, 1.82) is 0 Å². The number of amides is 4. The van der Waals surface area contributed by atoms with Crippen LogP contribution in [-0.4, -0.2) is 39.7 Å². The number of nitrogen functional groups attached to an aromatic ring is 1. The monoisotopic (exact) mass is 268 g/mol. The number of nitrogens with zero attached hydrogens (tertiary/aromatic N) is 3. The Morgan fingerprint density at radius 2 is 1.94 bits per heavy atom. The second kappa shape index (κ2) is 4.26. The summed E-state index contributed by atoms with van der Waals surface area (Å²) in [5, 5.41) is 0.270. The summed E-state index contributed by atoms with van der Waals surface area (Å²) in [7, 11) is 1.23. The first kappa shape index (κ1) is 12.3. The average Bonchev–Trinajstić information content (AvgIpc) is 2.51. The standard InChI is InChI=1S/C10H9ClN4O3/c1-14-8(16)9(17)15(10(14)18)4-6-5(11)2-3-7(12)13-6/h2-3H,4H2,1H3,(H2,12,13). The number of anilines is 1. The lowest BCUT2D eigenvalue weighted by Gasteiger charge is -2.13. The molecule has 0 saturated carbocycles. The third-order valence-corrected chi connectivity index (χ3v) is 2.84. The second-order valence-electron chi connectivity index (χ2n) is 3.70. The van der Waals surface area contributed by atoms with Crippen LogP contribution in [0.5, 0.6) is 0 Å². The van der Waals surface area contributed by atoms with Crippen molar-refractivity contribution in [3.63, 3.8) is 0 Å². The lowest BCUT2D eigenvalue weighted by atomic mass is 10.3. The van der Waals surface area contributed by atoms with E-state index in [1.165, 1.54) is 19.2 Å². The molecule has 8 heteroatoms. The largest absolute Gasteiger partial charge is 0.384 e. The third-order valence-electron chi connectivity index (χ3n) is 2.50. The van der Waals surface area contributed by atoms with Crippen LogP contribution in [0.1, 0.15) is 5.69 Å². The predicted molar refractivity (Wildman–Crippen MR) is 62.4 cm³/mol. The van der Waals surface area contributed by atoms with Crippen molar-refractivity contribution in [1.82, 2.24) is 14.8 Å². The molecule has 0 bridgehead atoms. The highest BCUT2D eigenvalue weighted by Gasteiger charge is 2.42. The van der Waals surface area contributed by atoms with Crippen molar-refractivity contribution in [2.24, 2.45) is 0 Å². The number of carbonyl (C=O) groups excluding carboxylic acids is 3. The number of likely N-dealkylation sites (N-methyl/N-ethyl adjacent to an activating group) is 1. The number of hydrogen-bond acceptors (Lipinski definition) is 5. The van der Waals surface area contributed by atoms with Gasteiger partial charge < -0.3 is 5.73 Å². The van der Waals surface area contributed by atoms with E-state index in [1.54, 1.807) is 0 Å². The lowest BCUT2D eigenvalue weighted by molar-refractivity contribution is -0.143. The Bertz CT molecular complexity index is 560. The van der Waals surface area contributed by atoms with Crippen LogP contribution in [0.2, 0.25) is 5.02 Å². The minimum absolute atomic E-state index is 0.183. The molecule has 1 aliphatic heterocycles. The Labute approximate surface area is 107 Å². The summed E-state index contributed by atoms with van der Waals surface area (Å²) in [6.07, 6.45) is 0. The van der Waals surface area contributed by atoms with E-state index in [0.29, 0.717) is 0 Å². The van der Waals surface area contributed by atoms with Gasteiger partial charge in [-0.1, -0.05) is 11.6 Å². The van der Waals surface area contributed by atoms with Crippen LogP contribution in [-0.2, 0) is 16.1 Å². The number of halogens is 1. The van der Waals surface area contributed by atoms with Crippen molar-refractivity contribution in [3.05, 3.63) is 22.8 Å². The first-order valence-electron chi connectivity index (χ1n) is 4.96. The Morgan fingerprint density at radius 3 is 2.50 bits per heavy atom. The molecule has 0 radical (unpaired) electrons. The molecule has 2 heterocycles. The van der Waals surface area contributed by atoms with Gasteiger partial charge in [0.25, 0.3) is 0 Å². The van der Waals surface area contributed by atoms with Gasteiger partial charge in [0.15, 0.2) is 0 Å². The summed E-state index contributed by atoms with van der Waals surface area (Å²) >= 11 is 5.88. The summed E-state index contributed by atoms with van der Waals surface area (Å²) in [4.78, 5) is 39.9. The van der Waals surface area contributed by atoms with Gasteiger partial charge in [0.05, 0.1) is 17.3 Å². The van der Waals surface area contributed by atoms with Gasteiger partial charge in [0, 0.05) is 7.05 Å². The van der Waals surface area contributed by atoms with Gasteiger partial charge >= 0.3 is 17.8 Å². The number of nitrogens with two attached hydrogens (primary N) is 1. The van der Waals surface area contributed by atoms with Crippen LogP contribution < -0.4 is 5.73 Å². The molecular weight excluding hydrogens is 260 g/mol. The lowest BCUT2D eigenvalue weighted by Crippen LogP contribution is -2.31. The fraction of sp³-hybridized carbons (Fsp3) is 0.200. The molecule has 0 unspecified atom stereocenters. The number of pyridine rings is 1. The van der Waals surface area contributed by atoms with E-state index < -0.39 is 17.8 Å². The van der Waals surface area contributed by atoms with E-state index in [2.05, 4.69) is 4.98 Å². The predicted octanol–water partition coefficient (Wildman–Crippen LogP) is 0.238. The number of carbonyl (C=O) groups is 3. The Kier molecular flexibility index (Phi) is 2.92. The molecule has 2 rings (SSSR count). The van der Waals surface area contributed by atoms with Crippen molar-refractivity contribution in [2.75, 3.05) is 12.8 Å². The van der Waals surface area contributed by atoms with Crippen LogP contribution in [0.3, 0.4) is 0 Å². The molecule has 1 aliphatic rings. The Balaban J connectivity index is 2.29. The van der Waals surface area contributed by atoms with Crippen LogP contribution in [0, 0.1) is 0 Å². The average molecular weight is 269 g/mol. The van der Waals surface area contributed by atoms with E-state index >= 15 is 0 Å². The number of imide groups is 2. The van der Waals surface area contributed by atoms with Crippen LogP contribution in [0.4, 0.5) is 10.6 Å². The molecule has 2 N–H and O–H groups in total. The van der Waals surface area contributed by atoms with Crippen molar-refractivity contribution < 1.29 is 14.4 Å². The molecule has 1 fully saturated rings. The summed E-state index contributed by atoms with van der Waals surface area (Å²) in [6.45, 7) is -0.183. The van der Waals surface area contributed by atoms with E-state index in [9.17, 15) is 14.4 Å². The van der Waals surface area contributed by atoms with Gasteiger partial charge in [0.2, 0.25) is 0 Å². The molecule has 0 atom stereocenters.